The van der Waals surface area contributed by atoms with Gasteiger partial charge in [0.05, 0.1) is 23.4 Å². The first-order valence-corrected chi connectivity index (χ1v) is 13.4. The first-order valence-electron chi connectivity index (χ1n) is 13.4. The fourth-order valence-corrected chi connectivity index (χ4v) is 6.15. The van der Waals surface area contributed by atoms with Crippen molar-refractivity contribution in [3.8, 4) is 5.75 Å². The van der Waals surface area contributed by atoms with Gasteiger partial charge in [-0.05, 0) is 73.4 Å². The number of rotatable bonds is 6. The molecule has 2 aromatic carbocycles. The van der Waals surface area contributed by atoms with E-state index in [1.54, 1.807) is 29.2 Å². The van der Waals surface area contributed by atoms with Crippen LogP contribution in [0.5, 0.6) is 5.75 Å². The number of nitrogens with zero attached hydrogens (tertiary/aromatic N) is 2. The average molecular weight is 503 g/mol. The van der Waals surface area contributed by atoms with E-state index in [4.69, 9.17) is 4.74 Å². The Labute approximate surface area is 217 Å². The first kappa shape index (κ1) is 25.2. The van der Waals surface area contributed by atoms with Gasteiger partial charge in [-0.3, -0.25) is 24.1 Å². The Morgan fingerprint density at radius 2 is 1.57 bits per heavy atom. The summed E-state index contributed by atoms with van der Waals surface area (Å²) in [6, 6.07) is 12.6. The third kappa shape index (κ3) is 4.56. The Balaban J connectivity index is 1.26. The van der Waals surface area contributed by atoms with Gasteiger partial charge in [-0.25, -0.2) is 0 Å². The van der Waals surface area contributed by atoms with E-state index in [2.05, 4.69) is 20.8 Å². The van der Waals surface area contributed by atoms with Crippen LogP contribution in [0.2, 0.25) is 0 Å². The summed E-state index contributed by atoms with van der Waals surface area (Å²) >= 11 is 0. The molecule has 0 bridgehead atoms. The SMILES string of the molecule is CCc1cccc(CC)c1N1C[C@H](C(=O)Oc2ccc(N3C(=O)[C@@H]4CC[C@H](C)C[C@H]4C3=O)cc2)CC1=O. The molecule has 3 fully saturated rings. The summed E-state index contributed by atoms with van der Waals surface area (Å²) in [6.07, 6.45) is 4.18. The smallest absolute Gasteiger partial charge is 0.316 e. The molecular formula is C30H34N2O5. The molecule has 0 aromatic heterocycles. The van der Waals surface area contributed by atoms with Crippen molar-refractivity contribution in [2.24, 2.45) is 23.7 Å². The van der Waals surface area contributed by atoms with Gasteiger partial charge in [0.2, 0.25) is 17.7 Å². The molecule has 3 aliphatic rings. The second kappa shape index (κ2) is 10.1. The van der Waals surface area contributed by atoms with Crippen LogP contribution in [0.3, 0.4) is 0 Å². The molecule has 37 heavy (non-hydrogen) atoms. The number of benzene rings is 2. The van der Waals surface area contributed by atoms with E-state index in [0.717, 1.165) is 48.9 Å². The second-order valence-corrected chi connectivity index (χ2v) is 10.6. The van der Waals surface area contributed by atoms with Crippen LogP contribution in [0, 0.1) is 23.7 Å². The summed E-state index contributed by atoms with van der Waals surface area (Å²) in [6.45, 7) is 6.54. The maximum atomic E-state index is 13.0. The highest BCUT2D eigenvalue weighted by Crippen LogP contribution is 2.42. The zero-order valence-electron chi connectivity index (χ0n) is 21.7. The highest BCUT2D eigenvalue weighted by molar-refractivity contribution is 6.22. The van der Waals surface area contributed by atoms with Crippen molar-refractivity contribution in [1.29, 1.82) is 0 Å². The molecule has 2 heterocycles. The van der Waals surface area contributed by atoms with Gasteiger partial charge in [-0.1, -0.05) is 39.0 Å². The number of carbonyl (C=O) groups excluding carboxylic acids is 4. The lowest BCUT2D eigenvalue weighted by molar-refractivity contribution is -0.139. The maximum Gasteiger partial charge on any atom is 0.316 e. The molecule has 0 unspecified atom stereocenters. The van der Waals surface area contributed by atoms with Gasteiger partial charge in [-0.15, -0.1) is 0 Å². The molecule has 194 valence electrons. The predicted octanol–water partition coefficient (Wildman–Crippen LogP) is 4.70. The molecule has 2 aliphatic heterocycles. The molecule has 0 N–H and O–H groups in total. The number of imide groups is 1. The van der Waals surface area contributed by atoms with Crippen molar-refractivity contribution in [2.45, 2.75) is 59.3 Å². The molecule has 0 radical (unpaired) electrons. The number of ether oxygens (including phenoxy) is 1. The molecular weight excluding hydrogens is 468 g/mol. The van der Waals surface area contributed by atoms with Crippen LogP contribution >= 0.6 is 0 Å². The van der Waals surface area contributed by atoms with Crippen LogP contribution in [0.1, 0.15) is 57.6 Å². The Morgan fingerprint density at radius 1 is 0.919 bits per heavy atom. The van der Waals surface area contributed by atoms with Crippen LogP contribution in [0.15, 0.2) is 42.5 Å². The summed E-state index contributed by atoms with van der Waals surface area (Å²) in [4.78, 5) is 54.8. The quantitative estimate of drug-likeness (QED) is 0.325. The van der Waals surface area contributed by atoms with Crippen LogP contribution < -0.4 is 14.5 Å². The zero-order chi connectivity index (χ0) is 26.3. The standard InChI is InChI=1S/C30H34N2O5/c1-4-19-7-6-8-20(5-2)27(19)31-17-21(16-26(31)33)30(36)37-23-12-10-22(11-13-23)32-28(34)24-14-9-18(3)15-25(24)29(32)35/h6-8,10-13,18,21,24-25H,4-5,9,14-17H2,1-3H3/t18-,21+,24+,25+/m0/s1. The van der Waals surface area contributed by atoms with Crippen molar-refractivity contribution < 1.29 is 23.9 Å². The fourth-order valence-electron chi connectivity index (χ4n) is 6.15. The molecule has 3 amide bonds. The number of esters is 1. The summed E-state index contributed by atoms with van der Waals surface area (Å²) in [5.41, 5.74) is 3.62. The maximum absolute atomic E-state index is 13.0. The van der Waals surface area contributed by atoms with E-state index in [0.29, 0.717) is 17.4 Å². The summed E-state index contributed by atoms with van der Waals surface area (Å²) in [7, 11) is 0. The predicted molar refractivity (Wildman–Crippen MR) is 140 cm³/mol. The molecule has 0 spiro atoms. The van der Waals surface area contributed by atoms with E-state index in [1.807, 2.05) is 18.2 Å². The van der Waals surface area contributed by atoms with Gasteiger partial charge in [-0.2, -0.15) is 0 Å². The third-order valence-electron chi connectivity index (χ3n) is 8.19. The molecule has 4 atom stereocenters. The van der Waals surface area contributed by atoms with Crippen molar-refractivity contribution in [3.63, 3.8) is 0 Å². The molecule has 1 aliphatic carbocycles. The Morgan fingerprint density at radius 3 is 2.22 bits per heavy atom. The largest absolute Gasteiger partial charge is 0.426 e. The zero-order valence-corrected chi connectivity index (χ0v) is 21.7. The van der Waals surface area contributed by atoms with Crippen molar-refractivity contribution in [1.82, 2.24) is 0 Å². The van der Waals surface area contributed by atoms with E-state index < -0.39 is 11.9 Å². The number of para-hydroxylation sites is 1. The van der Waals surface area contributed by atoms with Gasteiger partial charge in [0.15, 0.2) is 0 Å². The molecule has 7 heteroatoms. The number of aryl methyl sites for hydroxylation is 2. The van der Waals surface area contributed by atoms with Gasteiger partial charge in [0.1, 0.15) is 5.75 Å². The van der Waals surface area contributed by atoms with Crippen molar-refractivity contribution in [2.75, 3.05) is 16.3 Å². The number of hydrogen-bond donors (Lipinski definition) is 0. The van der Waals surface area contributed by atoms with E-state index in [-0.39, 0.29) is 42.5 Å². The lowest BCUT2D eigenvalue weighted by Gasteiger charge is -2.25. The first-order chi connectivity index (χ1) is 17.8. The van der Waals surface area contributed by atoms with Crippen LogP contribution in [0.4, 0.5) is 11.4 Å². The lowest BCUT2D eigenvalue weighted by Crippen LogP contribution is -2.30. The fraction of sp³-hybridized carbons (Fsp3) is 0.467. The van der Waals surface area contributed by atoms with E-state index in [1.165, 1.54) is 4.90 Å². The molecule has 1 saturated carbocycles. The van der Waals surface area contributed by atoms with Gasteiger partial charge in [0, 0.05) is 18.7 Å². The van der Waals surface area contributed by atoms with Crippen LogP contribution in [-0.4, -0.2) is 30.2 Å². The van der Waals surface area contributed by atoms with E-state index >= 15 is 0 Å². The van der Waals surface area contributed by atoms with E-state index in [9.17, 15) is 19.2 Å². The minimum absolute atomic E-state index is 0.0743. The number of fused-ring (bicyclic) bond motifs is 1. The minimum atomic E-state index is -0.561. The summed E-state index contributed by atoms with van der Waals surface area (Å²) in [5, 5.41) is 0. The Kier molecular flexibility index (Phi) is 6.88. The Hall–Kier alpha value is -3.48. The van der Waals surface area contributed by atoms with Crippen LogP contribution in [0.25, 0.3) is 0 Å². The Bertz CT molecular complexity index is 1210. The van der Waals surface area contributed by atoms with Gasteiger partial charge >= 0.3 is 5.97 Å². The number of hydrogen-bond acceptors (Lipinski definition) is 5. The van der Waals surface area contributed by atoms with Gasteiger partial charge in [0.25, 0.3) is 0 Å². The third-order valence-corrected chi connectivity index (χ3v) is 8.19. The van der Waals surface area contributed by atoms with Crippen molar-refractivity contribution >= 4 is 35.1 Å². The van der Waals surface area contributed by atoms with Crippen molar-refractivity contribution in [3.05, 3.63) is 53.6 Å². The molecule has 2 saturated heterocycles. The number of amides is 3. The summed E-state index contributed by atoms with van der Waals surface area (Å²) in [5.74, 6) is -1.04. The highest BCUT2D eigenvalue weighted by Gasteiger charge is 2.50. The average Bonchev–Trinajstić information content (AvgIpc) is 3.40. The summed E-state index contributed by atoms with van der Waals surface area (Å²) < 4.78 is 5.62. The normalized spacial score (nSPS) is 25.5. The number of carbonyl (C=O) groups is 4. The monoisotopic (exact) mass is 502 g/mol. The van der Waals surface area contributed by atoms with Crippen LogP contribution in [-0.2, 0) is 32.0 Å². The highest BCUT2D eigenvalue weighted by atomic mass is 16.5. The minimum Gasteiger partial charge on any atom is -0.426 e. The van der Waals surface area contributed by atoms with Gasteiger partial charge < -0.3 is 9.64 Å². The number of anilines is 2. The lowest BCUT2D eigenvalue weighted by atomic mass is 9.76. The molecule has 7 nitrogen and oxygen atoms in total. The molecule has 2 aromatic rings. The second-order valence-electron chi connectivity index (χ2n) is 10.6. The topological polar surface area (TPSA) is 84.0 Å². The molecule has 5 rings (SSSR count).